The third-order valence-electron chi connectivity index (χ3n) is 3.83. The fourth-order valence-corrected chi connectivity index (χ4v) is 3.77. The molecule has 2 rings (SSSR count). The van der Waals surface area contributed by atoms with Gasteiger partial charge >= 0.3 is 0 Å². The van der Waals surface area contributed by atoms with E-state index in [0.29, 0.717) is 17.2 Å². The second kappa shape index (κ2) is 6.15. The van der Waals surface area contributed by atoms with Crippen molar-refractivity contribution >= 4 is 29.3 Å². The minimum atomic E-state index is -1.03. The highest BCUT2D eigenvalue weighted by molar-refractivity contribution is 7.99. The first kappa shape index (κ1) is 16.6. The van der Waals surface area contributed by atoms with Crippen LogP contribution in [0.1, 0.15) is 25.8 Å². The Morgan fingerprint density at radius 2 is 2.29 bits per heavy atom. The molecule has 1 aromatic rings. The summed E-state index contributed by atoms with van der Waals surface area (Å²) < 4.78 is 14.0. The Morgan fingerprint density at radius 1 is 1.57 bits per heavy atom. The quantitative estimate of drug-likeness (QED) is 0.892. The van der Waals surface area contributed by atoms with Crippen LogP contribution in [0.25, 0.3) is 0 Å². The number of aliphatic hydroxyl groups is 1. The lowest BCUT2D eigenvalue weighted by atomic mass is 9.83. The molecule has 1 fully saturated rings. The van der Waals surface area contributed by atoms with E-state index in [2.05, 4.69) is 5.32 Å². The van der Waals surface area contributed by atoms with Gasteiger partial charge in [0.25, 0.3) is 0 Å². The molecule has 1 amide bonds. The molecule has 3 nitrogen and oxygen atoms in total. The van der Waals surface area contributed by atoms with Crippen molar-refractivity contribution < 1.29 is 14.3 Å². The number of benzene rings is 1. The first-order chi connectivity index (χ1) is 9.74. The van der Waals surface area contributed by atoms with Crippen molar-refractivity contribution in [3.8, 4) is 0 Å². The maximum Gasteiger partial charge on any atom is 0.230 e. The highest BCUT2D eigenvalue weighted by Gasteiger charge is 2.36. The lowest BCUT2D eigenvalue weighted by Crippen LogP contribution is -2.48. The van der Waals surface area contributed by atoms with E-state index in [0.717, 1.165) is 5.75 Å². The summed E-state index contributed by atoms with van der Waals surface area (Å²) in [5.41, 5.74) is -1.59. The van der Waals surface area contributed by atoms with E-state index < -0.39 is 16.8 Å². The first-order valence-corrected chi connectivity index (χ1v) is 8.32. The second-order valence-corrected chi connectivity index (χ2v) is 7.50. The second-order valence-electron chi connectivity index (χ2n) is 5.96. The van der Waals surface area contributed by atoms with Crippen LogP contribution >= 0.6 is 23.4 Å². The number of hydrogen-bond acceptors (Lipinski definition) is 3. The molecule has 1 atom stereocenters. The van der Waals surface area contributed by atoms with Crippen LogP contribution in [0.5, 0.6) is 0 Å². The predicted molar refractivity (Wildman–Crippen MR) is 84.3 cm³/mol. The highest BCUT2D eigenvalue weighted by Crippen LogP contribution is 2.30. The predicted octanol–water partition coefficient (Wildman–Crippen LogP) is 2.74. The number of thioether (sulfide) groups is 1. The van der Waals surface area contributed by atoms with Gasteiger partial charge in [-0.3, -0.25) is 4.79 Å². The number of hydrogen-bond donors (Lipinski definition) is 2. The van der Waals surface area contributed by atoms with Crippen molar-refractivity contribution in [2.75, 3.05) is 18.1 Å². The number of carbonyl (C=O) groups is 1. The van der Waals surface area contributed by atoms with Crippen LogP contribution in [-0.4, -0.2) is 34.7 Å². The fourth-order valence-electron chi connectivity index (χ4n) is 2.32. The Hall–Kier alpha value is -0.780. The number of amides is 1. The zero-order chi connectivity index (χ0) is 15.7. The van der Waals surface area contributed by atoms with E-state index in [1.807, 2.05) is 0 Å². The summed E-state index contributed by atoms with van der Waals surface area (Å²) in [7, 11) is 0. The van der Waals surface area contributed by atoms with Gasteiger partial charge in [0.05, 0.1) is 11.0 Å². The van der Waals surface area contributed by atoms with Gasteiger partial charge < -0.3 is 10.4 Å². The fraction of sp³-hybridized carbons (Fsp3) is 0.533. The molecule has 1 saturated heterocycles. The van der Waals surface area contributed by atoms with Crippen molar-refractivity contribution in [3.05, 3.63) is 34.6 Å². The van der Waals surface area contributed by atoms with E-state index in [-0.39, 0.29) is 18.0 Å². The summed E-state index contributed by atoms with van der Waals surface area (Å²) in [4.78, 5) is 12.4. The molecular formula is C15H19ClFNO2S. The molecule has 0 bridgehead atoms. The maximum absolute atomic E-state index is 14.0. The van der Waals surface area contributed by atoms with Crippen molar-refractivity contribution in [1.29, 1.82) is 0 Å². The Balaban J connectivity index is 2.09. The molecule has 0 saturated carbocycles. The average molecular weight is 332 g/mol. The van der Waals surface area contributed by atoms with Crippen molar-refractivity contribution in [2.24, 2.45) is 0 Å². The summed E-state index contributed by atoms with van der Waals surface area (Å²) in [6, 6.07) is 4.29. The molecule has 21 heavy (non-hydrogen) atoms. The molecule has 0 spiro atoms. The molecule has 0 aliphatic carbocycles. The maximum atomic E-state index is 14.0. The molecule has 6 heteroatoms. The van der Waals surface area contributed by atoms with Gasteiger partial charge in [0, 0.05) is 22.9 Å². The van der Waals surface area contributed by atoms with Gasteiger partial charge in [-0.25, -0.2) is 4.39 Å². The van der Waals surface area contributed by atoms with Gasteiger partial charge in [-0.1, -0.05) is 17.7 Å². The van der Waals surface area contributed by atoms with Gasteiger partial charge in [0.15, 0.2) is 0 Å². The zero-order valence-electron chi connectivity index (χ0n) is 12.1. The summed E-state index contributed by atoms with van der Waals surface area (Å²) in [6.07, 6.45) is 0.660. The van der Waals surface area contributed by atoms with Crippen molar-refractivity contribution in [1.82, 2.24) is 5.32 Å². The van der Waals surface area contributed by atoms with E-state index in [1.165, 1.54) is 12.1 Å². The summed E-state index contributed by atoms with van der Waals surface area (Å²) in [5.74, 6) is 0.691. The van der Waals surface area contributed by atoms with Crippen LogP contribution in [0.4, 0.5) is 4.39 Å². The van der Waals surface area contributed by atoms with Crippen LogP contribution < -0.4 is 5.32 Å². The Kier molecular flexibility index (Phi) is 4.85. The third kappa shape index (κ3) is 3.71. The molecule has 116 valence electrons. The normalized spacial score (nSPS) is 22.3. The van der Waals surface area contributed by atoms with E-state index in [1.54, 1.807) is 31.7 Å². The minimum absolute atomic E-state index is 0.192. The molecule has 0 radical (unpaired) electrons. The van der Waals surface area contributed by atoms with E-state index >= 15 is 0 Å². The molecular weight excluding hydrogens is 313 g/mol. The molecule has 1 aliphatic heterocycles. The highest BCUT2D eigenvalue weighted by atomic mass is 35.5. The van der Waals surface area contributed by atoms with Gasteiger partial charge in [-0.2, -0.15) is 11.8 Å². The van der Waals surface area contributed by atoms with Gasteiger partial charge in [0.2, 0.25) is 5.91 Å². The molecule has 2 N–H and O–H groups in total. The zero-order valence-corrected chi connectivity index (χ0v) is 13.7. The molecule has 0 aromatic heterocycles. The minimum Gasteiger partial charge on any atom is -0.387 e. The SMILES string of the molecule is CC(C)(C(=O)NC[C@]1(O)CCSC1)c1ccc(Cl)cc1F. The van der Waals surface area contributed by atoms with E-state index in [9.17, 15) is 14.3 Å². The van der Waals surface area contributed by atoms with Crippen LogP contribution in [-0.2, 0) is 10.2 Å². The summed E-state index contributed by atoms with van der Waals surface area (Å²) in [5, 5.41) is 13.3. The number of carbonyl (C=O) groups excluding carboxylic acids is 1. The Bertz CT molecular complexity index is 544. The first-order valence-electron chi connectivity index (χ1n) is 6.79. The summed E-state index contributed by atoms with van der Waals surface area (Å²) >= 11 is 7.40. The average Bonchev–Trinajstić information content (AvgIpc) is 2.83. The Labute approximate surface area is 133 Å². The number of halogens is 2. The van der Waals surface area contributed by atoms with Crippen LogP contribution in [0.3, 0.4) is 0 Å². The van der Waals surface area contributed by atoms with Gasteiger partial charge in [-0.15, -0.1) is 0 Å². The van der Waals surface area contributed by atoms with Crippen LogP contribution in [0, 0.1) is 5.82 Å². The Morgan fingerprint density at radius 3 is 2.86 bits per heavy atom. The molecule has 1 heterocycles. The van der Waals surface area contributed by atoms with Crippen LogP contribution in [0.2, 0.25) is 5.02 Å². The standard InChI is InChI=1S/C15H19ClFNO2S/c1-14(2,11-4-3-10(16)7-12(11)17)13(19)18-8-15(20)5-6-21-9-15/h3-4,7,20H,5-6,8-9H2,1-2H3,(H,18,19)/t15-/m1/s1. The molecule has 1 aliphatic rings. The molecule has 1 aromatic carbocycles. The lowest BCUT2D eigenvalue weighted by Gasteiger charge is -2.28. The van der Waals surface area contributed by atoms with Crippen LogP contribution in [0.15, 0.2) is 18.2 Å². The number of rotatable bonds is 4. The third-order valence-corrected chi connectivity index (χ3v) is 5.30. The van der Waals surface area contributed by atoms with Gasteiger partial charge in [0.1, 0.15) is 5.82 Å². The smallest absolute Gasteiger partial charge is 0.230 e. The topological polar surface area (TPSA) is 49.3 Å². The largest absolute Gasteiger partial charge is 0.387 e. The monoisotopic (exact) mass is 331 g/mol. The lowest BCUT2D eigenvalue weighted by molar-refractivity contribution is -0.126. The van der Waals surface area contributed by atoms with E-state index in [4.69, 9.17) is 11.6 Å². The summed E-state index contributed by atoms with van der Waals surface area (Å²) in [6.45, 7) is 3.50. The number of nitrogens with one attached hydrogen (secondary N) is 1. The molecule has 0 unspecified atom stereocenters. The van der Waals surface area contributed by atoms with Crippen molar-refractivity contribution in [3.63, 3.8) is 0 Å². The van der Waals surface area contributed by atoms with Gasteiger partial charge in [-0.05, 0) is 38.2 Å². The van der Waals surface area contributed by atoms with Crippen molar-refractivity contribution in [2.45, 2.75) is 31.3 Å².